The lowest BCUT2D eigenvalue weighted by atomic mass is 10.0. The van der Waals surface area contributed by atoms with E-state index in [-0.39, 0.29) is 24.8 Å². The third-order valence-electron chi connectivity index (χ3n) is 3.59. The van der Waals surface area contributed by atoms with Crippen LogP contribution in [0.1, 0.15) is 42.1 Å². The highest BCUT2D eigenvalue weighted by molar-refractivity contribution is 6.33. The second-order valence-corrected chi connectivity index (χ2v) is 6.22. The molecule has 0 heterocycles. The molecule has 0 spiro atoms. The lowest BCUT2D eigenvalue weighted by Crippen LogP contribution is -2.27. The zero-order valence-electron chi connectivity index (χ0n) is 13.8. The molecule has 2 amide bonds. The van der Waals surface area contributed by atoms with Crippen LogP contribution in [-0.2, 0) is 4.79 Å². The van der Waals surface area contributed by atoms with Gasteiger partial charge in [0.2, 0.25) is 5.91 Å². The van der Waals surface area contributed by atoms with Crippen LogP contribution in [0, 0.1) is 0 Å². The molecule has 0 bridgehead atoms. The Morgan fingerprint density at radius 3 is 2.54 bits per heavy atom. The molecule has 0 radical (unpaired) electrons. The lowest BCUT2D eigenvalue weighted by Gasteiger charge is -2.10. The Labute approximate surface area is 147 Å². The first kappa shape index (κ1) is 18.0. The number of benzene rings is 2. The van der Waals surface area contributed by atoms with E-state index in [0.29, 0.717) is 16.5 Å². The summed E-state index contributed by atoms with van der Waals surface area (Å²) in [6.07, 6.45) is 0.197. The van der Waals surface area contributed by atoms with Gasteiger partial charge in [0.25, 0.3) is 5.91 Å². The lowest BCUT2D eigenvalue weighted by molar-refractivity contribution is -0.116. The summed E-state index contributed by atoms with van der Waals surface area (Å²) >= 11 is 5.97. The van der Waals surface area contributed by atoms with E-state index in [9.17, 15) is 9.59 Å². The molecule has 5 heteroatoms. The minimum Gasteiger partial charge on any atom is -0.351 e. The average Bonchev–Trinajstić information content (AvgIpc) is 2.55. The number of rotatable bonds is 6. The molecule has 24 heavy (non-hydrogen) atoms. The molecule has 4 nitrogen and oxygen atoms in total. The molecule has 0 fully saturated rings. The Kier molecular flexibility index (Phi) is 6.38. The molecule has 2 rings (SSSR count). The Bertz CT molecular complexity index is 729. The molecule has 0 unspecified atom stereocenters. The van der Waals surface area contributed by atoms with Gasteiger partial charge in [0.05, 0.1) is 10.6 Å². The number of nitrogens with one attached hydrogen (secondary N) is 2. The van der Waals surface area contributed by atoms with E-state index >= 15 is 0 Å². The van der Waals surface area contributed by atoms with Crippen LogP contribution in [0.3, 0.4) is 0 Å². The summed E-state index contributed by atoms with van der Waals surface area (Å²) in [5, 5.41) is 5.94. The molecular weight excluding hydrogens is 324 g/mol. The first-order chi connectivity index (χ1) is 11.5. The maximum Gasteiger partial charge on any atom is 0.252 e. The summed E-state index contributed by atoms with van der Waals surface area (Å²) in [5.41, 5.74) is 2.34. The zero-order chi connectivity index (χ0) is 17.5. The number of hydrogen-bond donors (Lipinski definition) is 2. The molecule has 0 saturated heterocycles. The Morgan fingerprint density at radius 2 is 1.83 bits per heavy atom. The summed E-state index contributed by atoms with van der Waals surface area (Å²) in [5.74, 6) is -0.0256. The summed E-state index contributed by atoms with van der Waals surface area (Å²) in [6, 6.07) is 14.6. The van der Waals surface area contributed by atoms with Crippen molar-refractivity contribution in [3.8, 4) is 0 Å². The van der Waals surface area contributed by atoms with Gasteiger partial charge < -0.3 is 10.6 Å². The summed E-state index contributed by atoms with van der Waals surface area (Å²) in [7, 11) is 0. The van der Waals surface area contributed by atoms with Crippen LogP contribution in [-0.4, -0.2) is 18.4 Å². The van der Waals surface area contributed by atoms with Crippen LogP contribution < -0.4 is 10.6 Å². The predicted octanol–water partition coefficient (Wildman–Crippen LogP) is 4.22. The van der Waals surface area contributed by atoms with Crippen molar-refractivity contribution in [2.45, 2.75) is 26.2 Å². The number of carbonyl (C=O) groups excluding carboxylic acids is 2. The quantitative estimate of drug-likeness (QED) is 0.824. The summed E-state index contributed by atoms with van der Waals surface area (Å²) in [6.45, 7) is 4.45. The first-order valence-electron chi connectivity index (χ1n) is 7.90. The molecule has 0 aliphatic carbocycles. The highest BCUT2D eigenvalue weighted by Gasteiger charge is 2.10. The minimum atomic E-state index is -0.282. The SMILES string of the molecule is CC(C)c1cccc(NC(=O)CCNC(=O)c2ccccc2Cl)c1. The van der Waals surface area contributed by atoms with Crippen LogP contribution in [0.15, 0.2) is 48.5 Å². The molecule has 0 saturated carbocycles. The van der Waals surface area contributed by atoms with E-state index in [1.807, 2.05) is 24.3 Å². The Hall–Kier alpha value is -2.33. The molecule has 2 N–H and O–H groups in total. The van der Waals surface area contributed by atoms with Gasteiger partial charge in [-0.15, -0.1) is 0 Å². The molecular formula is C19H21ClN2O2. The monoisotopic (exact) mass is 344 g/mol. The van der Waals surface area contributed by atoms with Crippen molar-refractivity contribution in [3.63, 3.8) is 0 Å². The van der Waals surface area contributed by atoms with Crippen molar-refractivity contribution in [3.05, 3.63) is 64.7 Å². The first-order valence-corrected chi connectivity index (χ1v) is 8.27. The van der Waals surface area contributed by atoms with Crippen molar-refractivity contribution < 1.29 is 9.59 Å². The third-order valence-corrected chi connectivity index (χ3v) is 3.92. The Balaban J connectivity index is 1.82. The minimum absolute atomic E-state index is 0.143. The normalized spacial score (nSPS) is 10.5. The van der Waals surface area contributed by atoms with Crippen LogP contribution in [0.25, 0.3) is 0 Å². The average molecular weight is 345 g/mol. The number of hydrogen-bond acceptors (Lipinski definition) is 2. The molecule has 0 atom stereocenters. The zero-order valence-corrected chi connectivity index (χ0v) is 14.6. The molecule has 0 aliphatic rings. The van der Waals surface area contributed by atoms with E-state index in [0.717, 1.165) is 5.69 Å². The predicted molar refractivity (Wildman–Crippen MR) is 97.6 cm³/mol. The third kappa shape index (κ3) is 5.10. The van der Waals surface area contributed by atoms with Crippen molar-refractivity contribution in [2.75, 3.05) is 11.9 Å². The maximum absolute atomic E-state index is 12.0. The van der Waals surface area contributed by atoms with Crippen molar-refractivity contribution >= 4 is 29.1 Å². The fourth-order valence-electron chi connectivity index (χ4n) is 2.23. The highest BCUT2D eigenvalue weighted by atomic mass is 35.5. The van der Waals surface area contributed by atoms with E-state index in [2.05, 4.69) is 24.5 Å². The topological polar surface area (TPSA) is 58.2 Å². The van der Waals surface area contributed by atoms with Crippen molar-refractivity contribution in [1.82, 2.24) is 5.32 Å². The van der Waals surface area contributed by atoms with Gasteiger partial charge in [-0.3, -0.25) is 9.59 Å². The van der Waals surface area contributed by atoms with Gasteiger partial charge in [-0.25, -0.2) is 0 Å². The van der Waals surface area contributed by atoms with Gasteiger partial charge in [0, 0.05) is 18.7 Å². The largest absolute Gasteiger partial charge is 0.351 e. The number of carbonyl (C=O) groups is 2. The van der Waals surface area contributed by atoms with Crippen LogP contribution in [0.4, 0.5) is 5.69 Å². The van der Waals surface area contributed by atoms with Crippen molar-refractivity contribution in [1.29, 1.82) is 0 Å². The Morgan fingerprint density at radius 1 is 1.08 bits per heavy atom. The molecule has 0 aromatic heterocycles. The molecule has 0 aliphatic heterocycles. The fraction of sp³-hybridized carbons (Fsp3) is 0.263. The van der Waals surface area contributed by atoms with Crippen LogP contribution in [0.5, 0.6) is 0 Å². The van der Waals surface area contributed by atoms with Gasteiger partial charge >= 0.3 is 0 Å². The van der Waals surface area contributed by atoms with E-state index in [1.54, 1.807) is 24.3 Å². The summed E-state index contributed by atoms with van der Waals surface area (Å²) < 4.78 is 0. The second kappa shape index (κ2) is 8.50. The highest BCUT2D eigenvalue weighted by Crippen LogP contribution is 2.18. The second-order valence-electron chi connectivity index (χ2n) is 5.81. The van der Waals surface area contributed by atoms with Gasteiger partial charge in [-0.2, -0.15) is 0 Å². The van der Waals surface area contributed by atoms with Crippen LogP contribution in [0.2, 0.25) is 5.02 Å². The number of amides is 2. The van der Waals surface area contributed by atoms with E-state index < -0.39 is 0 Å². The summed E-state index contributed by atoms with van der Waals surface area (Å²) in [4.78, 5) is 24.0. The van der Waals surface area contributed by atoms with Gasteiger partial charge in [0.15, 0.2) is 0 Å². The van der Waals surface area contributed by atoms with Gasteiger partial charge in [-0.05, 0) is 35.7 Å². The number of halogens is 1. The fourth-order valence-corrected chi connectivity index (χ4v) is 2.45. The number of anilines is 1. The maximum atomic E-state index is 12.0. The molecule has 2 aromatic rings. The van der Waals surface area contributed by atoms with Crippen LogP contribution >= 0.6 is 11.6 Å². The smallest absolute Gasteiger partial charge is 0.252 e. The van der Waals surface area contributed by atoms with E-state index in [4.69, 9.17) is 11.6 Å². The molecule has 126 valence electrons. The molecule has 2 aromatic carbocycles. The van der Waals surface area contributed by atoms with Gasteiger partial charge in [0.1, 0.15) is 0 Å². The van der Waals surface area contributed by atoms with Crippen molar-refractivity contribution in [2.24, 2.45) is 0 Å². The standard InChI is InChI=1S/C19H21ClN2O2/c1-13(2)14-6-5-7-15(12-14)22-18(23)10-11-21-19(24)16-8-3-4-9-17(16)20/h3-9,12-13H,10-11H2,1-2H3,(H,21,24)(H,22,23). The van der Waals surface area contributed by atoms with Gasteiger partial charge in [-0.1, -0.05) is 49.7 Å². The van der Waals surface area contributed by atoms with E-state index in [1.165, 1.54) is 5.56 Å².